The van der Waals surface area contributed by atoms with Crippen molar-refractivity contribution in [3.8, 4) is 0 Å². The Hall–Kier alpha value is -1.26. The lowest BCUT2D eigenvalue weighted by atomic mass is 9.80. The fraction of sp³-hybridized carbons (Fsp3) is 0.833. The van der Waals surface area contributed by atoms with Gasteiger partial charge in [-0.2, -0.15) is 0 Å². The first-order valence-corrected chi connectivity index (χ1v) is 6.91. The van der Waals surface area contributed by atoms with E-state index >= 15 is 0 Å². The Morgan fingerprint density at radius 1 is 1.27 bits per heavy atom. The van der Waals surface area contributed by atoms with Gasteiger partial charge in [-0.3, -0.25) is 4.74 Å². The number of halogens is 4. The van der Waals surface area contributed by atoms with Gasteiger partial charge < -0.3 is 14.9 Å². The molecule has 1 aromatic heterocycles. The molecule has 6 nitrogen and oxygen atoms in total. The normalized spacial score (nSPS) is 31.8. The first-order valence-electron chi connectivity index (χ1n) is 6.91. The largest absolute Gasteiger partial charge is 0.523 e. The summed E-state index contributed by atoms with van der Waals surface area (Å²) in [7, 11) is 0. The van der Waals surface area contributed by atoms with Gasteiger partial charge in [0.25, 0.3) is 0 Å². The maximum Gasteiger partial charge on any atom is 0.523 e. The van der Waals surface area contributed by atoms with Crippen molar-refractivity contribution in [2.45, 2.75) is 56.0 Å². The van der Waals surface area contributed by atoms with Crippen LogP contribution in [0.5, 0.6) is 0 Å². The van der Waals surface area contributed by atoms with Gasteiger partial charge >= 0.3 is 6.36 Å². The zero-order chi connectivity index (χ0) is 16.0. The van der Waals surface area contributed by atoms with Crippen molar-refractivity contribution < 1.29 is 31.5 Å². The molecule has 1 saturated heterocycles. The van der Waals surface area contributed by atoms with Crippen molar-refractivity contribution in [2.75, 3.05) is 6.61 Å². The van der Waals surface area contributed by atoms with Crippen LogP contribution >= 0.6 is 0 Å². The minimum Gasteiger partial charge on any atom is -0.419 e. The van der Waals surface area contributed by atoms with Crippen LogP contribution in [0.4, 0.5) is 17.6 Å². The molecule has 2 aliphatic rings. The maximum atomic E-state index is 13.9. The lowest BCUT2D eigenvalue weighted by Gasteiger charge is -2.38. The molecule has 10 heteroatoms. The number of hydrogen-bond acceptors (Lipinski definition) is 6. The summed E-state index contributed by atoms with van der Waals surface area (Å²) in [6.07, 6.45) is -6.53. The van der Waals surface area contributed by atoms with Crippen LogP contribution in [0.25, 0.3) is 0 Å². The highest BCUT2D eigenvalue weighted by Gasteiger charge is 2.53. The van der Waals surface area contributed by atoms with Gasteiger partial charge in [-0.1, -0.05) is 0 Å². The molecular weight excluding hydrogens is 310 g/mol. The SMILES string of the molecule is N[C@H]1CO[C@H](c2nnc(C3(OC(F)(F)F)CCC3)o2)[C@@H](F)C1. The van der Waals surface area contributed by atoms with E-state index < -0.39 is 30.3 Å². The molecule has 0 amide bonds. The third-order valence-corrected chi connectivity index (χ3v) is 3.89. The van der Waals surface area contributed by atoms with Crippen molar-refractivity contribution in [1.82, 2.24) is 10.2 Å². The average Bonchev–Trinajstić information content (AvgIpc) is 2.82. The molecule has 0 aromatic carbocycles. The second kappa shape index (κ2) is 5.43. The van der Waals surface area contributed by atoms with E-state index in [1.54, 1.807) is 0 Å². The second-order valence-corrected chi connectivity index (χ2v) is 5.61. The summed E-state index contributed by atoms with van der Waals surface area (Å²) < 4.78 is 66.0. The van der Waals surface area contributed by atoms with Gasteiger partial charge in [0.1, 0.15) is 6.17 Å². The number of ether oxygens (including phenoxy) is 2. The Bertz CT molecular complexity index is 532. The van der Waals surface area contributed by atoms with E-state index in [2.05, 4.69) is 14.9 Å². The predicted octanol–water partition coefficient (Wildman–Crippen LogP) is 2.11. The topological polar surface area (TPSA) is 83.4 Å². The predicted molar refractivity (Wildman–Crippen MR) is 63.1 cm³/mol. The van der Waals surface area contributed by atoms with E-state index in [4.69, 9.17) is 14.9 Å². The van der Waals surface area contributed by atoms with Crippen LogP contribution in [0.2, 0.25) is 0 Å². The molecule has 0 bridgehead atoms. The number of alkyl halides is 4. The van der Waals surface area contributed by atoms with E-state index in [0.29, 0.717) is 6.42 Å². The Morgan fingerprint density at radius 2 is 2.00 bits per heavy atom. The molecule has 0 unspecified atom stereocenters. The first kappa shape index (κ1) is 15.6. The molecule has 1 aromatic rings. The van der Waals surface area contributed by atoms with Crippen LogP contribution in [0.1, 0.15) is 43.6 Å². The minimum atomic E-state index is -4.81. The number of nitrogens with zero attached hydrogens (tertiary/aromatic N) is 2. The molecule has 2 heterocycles. The molecule has 1 aliphatic heterocycles. The van der Waals surface area contributed by atoms with E-state index in [-0.39, 0.29) is 37.7 Å². The monoisotopic (exact) mass is 325 g/mol. The molecule has 0 spiro atoms. The highest BCUT2D eigenvalue weighted by molar-refractivity contribution is 5.05. The highest BCUT2D eigenvalue weighted by atomic mass is 19.4. The van der Waals surface area contributed by atoms with Crippen LogP contribution in [-0.4, -0.2) is 35.4 Å². The van der Waals surface area contributed by atoms with Crippen molar-refractivity contribution in [3.05, 3.63) is 11.8 Å². The van der Waals surface area contributed by atoms with Gasteiger partial charge in [-0.05, 0) is 25.7 Å². The lowest BCUT2D eigenvalue weighted by Crippen LogP contribution is -2.42. The molecule has 1 saturated carbocycles. The van der Waals surface area contributed by atoms with Crippen LogP contribution in [0.15, 0.2) is 4.42 Å². The van der Waals surface area contributed by atoms with Gasteiger partial charge in [0.2, 0.25) is 11.8 Å². The molecule has 1 aliphatic carbocycles. The average molecular weight is 325 g/mol. The van der Waals surface area contributed by atoms with Crippen molar-refractivity contribution >= 4 is 0 Å². The quantitative estimate of drug-likeness (QED) is 0.857. The van der Waals surface area contributed by atoms with Gasteiger partial charge in [0.05, 0.1) is 6.61 Å². The second-order valence-electron chi connectivity index (χ2n) is 5.61. The Labute approximate surface area is 123 Å². The van der Waals surface area contributed by atoms with Crippen LogP contribution < -0.4 is 5.73 Å². The van der Waals surface area contributed by atoms with E-state index in [1.165, 1.54) is 0 Å². The molecule has 124 valence electrons. The third kappa shape index (κ3) is 2.95. The highest BCUT2D eigenvalue weighted by Crippen LogP contribution is 2.48. The van der Waals surface area contributed by atoms with Crippen LogP contribution in [-0.2, 0) is 15.1 Å². The first-order chi connectivity index (χ1) is 10.3. The fourth-order valence-corrected chi connectivity index (χ4v) is 2.65. The zero-order valence-corrected chi connectivity index (χ0v) is 11.5. The molecule has 3 atom stereocenters. The molecule has 22 heavy (non-hydrogen) atoms. The Morgan fingerprint density at radius 3 is 2.55 bits per heavy atom. The van der Waals surface area contributed by atoms with Gasteiger partial charge in [-0.15, -0.1) is 23.4 Å². The van der Waals surface area contributed by atoms with E-state index in [0.717, 1.165) is 0 Å². The van der Waals surface area contributed by atoms with Crippen LogP contribution in [0.3, 0.4) is 0 Å². The molecular formula is C12H15F4N3O3. The summed E-state index contributed by atoms with van der Waals surface area (Å²) in [6.45, 7) is 0.118. The summed E-state index contributed by atoms with van der Waals surface area (Å²) in [4.78, 5) is 0. The number of rotatable bonds is 3. The molecule has 3 rings (SSSR count). The van der Waals surface area contributed by atoms with Crippen LogP contribution in [0, 0.1) is 0 Å². The molecule has 2 N–H and O–H groups in total. The summed E-state index contributed by atoms with van der Waals surface area (Å²) >= 11 is 0. The zero-order valence-electron chi connectivity index (χ0n) is 11.5. The Balaban J connectivity index is 1.78. The molecule has 2 fully saturated rings. The lowest BCUT2D eigenvalue weighted by molar-refractivity contribution is -0.387. The summed E-state index contributed by atoms with van der Waals surface area (Å²) in [5.74, 6) is -0.483. The summed E-state index contributed by atoms with van der Waals surface area (Å²) in [6, 6.07) is -0.430. The smallest absolute Gasteiger partial charge is 0.419 e. The molecule has 0 radical (unpaired) electrons. The van der Waals surface area contributed by atoms with Gasteiger partial charge in [-0.25, -0.2) is 4.39 Å². The summed E-state index contributed by atoms with van der Waals surface area (Å²) in [5, 5.41) is 7.23. The maximum absolute atomic E-state index is 13.9. The standard InChI is InChI=1S/C12H15F4N3O3/c13-7-4-6(17)5-20-8(7)9-18-19-10(21-9)11(2-1-3-11)22-12(14,15)16/h6-8H,1-5,17H2/t6-,7+,8+/m1/s1. The fourth-order valence-electron chi connectivity index (χ4n) is 2.65. The number of hydrogen-bond donors (Lipinski definition) is 1. The van der Waals surface area contributed by atoms with E-state index in [1.807, 2.05) is 0 Å². The van der Waals surface area contributed by atoms with E-state index in [9.17, 15) is 17.6 Å². The summed E-state index contributed by atoms with van der Waals surface area (Å²) in [5.41, 5.74) is 3.90. The number of nitrogens with two attached hydrogens (primary N) is 1. The van der Waals surface area contributed by atoms with Gasteiger partial charge in [0.15, 0.2) is 11.7 Å². The third-order valence-electron chi connectivity index (χ3n) is 3.89. The minimum absolute atomic E-state index is 0.0621. The Kier molecular flexibility index (Phi) is 3.86. The van der Waals surface area contributed by atoms with Gasteiger partial charge in [0, 0.05) is 6.04 Å². The van der Waals surface area contributed by atoms with Crippen molar-refractivity contribution in [3.63, 3.8) is 0 Å². The number of aromatic nitrogens is 2. The van der Waals surface area contributed by atoms with Crippen molar-refractivity contribution in [1.29, 1.82) is 0 Å². The van der Waals surface area contributed by atoms with Crippen molar-refractivity contribution in [2.24, 2.45) is 5.73 Å².